The van der Waals surface area contributed by atoms with Crippen LogP contribution in [0.5, 0.6) is 0 Å². The Morgan fingerprint density at radius 3 is 2.63 bits per heavy atom. The Kier molecular flexibility index (Phi) is 6.80. The average molecular weight is 464 g/mol. The molecule has 2 amide bonds. The van der Waals surface area contributed by atoms with Crippen molar-refractivity contribution >= 4 is 61.7 Å². The Hall–Kier alpha value is -2.43. The van der Waals surface area contributed by atoms with Crippen molar-refractivity contribution in [3.63, 3.8) is 0 Å². The number of amides is 2. The van der Waals surface area contributed by atoms with E-state index < -0.39 is 0 Å². The van der Waals surface area contributed by atoms with E-state index in [1.54, 1.807) is 24.3 Å². The number of hydrazine groups is 1. The lowest BCUT2D eigenvalue weighted by atomic mass is 10.2. The van der Waals surface area contributed by atoms with E-state index in [1.807, 2.05) is 30.3 Å². The number of carbonyl (C=O) groups excluding carboxylic acids is 2. The first kappa shape index (κ1) is 19.3. The highest BCUT2D eigenvalue weighted by molar-refractivity contribution is 9.10. The number of anilines is 2. The van der Waals surface area contributed by atoms with Gasteiger partial charge in [0.2, 0.25) is 11.0 Å². The fourth-order valence-electron chi connectivity index (χ4n) is 1.96. The van der Waals surface area contributed by atoms with Crippen LogP contribution in [0.15, 0.2) is 63.4 Å². The lowest BCUT2D eigenvalue weighted by molar-refractivity contribution is -0.119. The zero-order chi connectivity index (χ0) is 19.1. The number of rotatable bonds is 6. The van der Waals surface area contributed by atoms with Crippen LogP contribution in [0.4, 0.5) is 10.8 Å². The quantitative estimate of drug-likeness (QED) is 0.381. The summed E-state index contributed by atoms with van der Waals surface area (Å²) in [6.07, 6.45) is 0. The van der Waals surface area contributed by atoms with Gasteiger partial charge in [-0.3, -0.25) is 20.4 Å². The standard InChI is InChI=1S/C17H14BrN5O2S2/c18-12-7-4-8-13(9-12)19-16-22-23-17(27-16)26-10-14(24)20-21-15(25)11-5-2-1-3-6-11/h1-9H,10H2,(H,19,22)(H,20,24)(H,21,25). The molecular weight excluding hydrogens is 450 g/mol. The number of thioether (sulfide) groups is 1. The summed E-state index contributed by atoms with van der Waals surface area (Å²) in [6.45, 7) is 0. The Bertz CT molecular complexity index is 936. The molecule has 0 radical (unpaired) electrons. The summed E-state index contributed by atoms with van der Waals surface area (Å²) in [7, 11) is 0. The highest BCUT2D eigenvalue weighted by atomic mass is 79.9. The molecule has 0 aliphatic rings. The first-order chi connectivity index (χ1) is 13.1. The van der Waals surface area contributed by atoms with Crippen LogP contribution >= 0.6 is 39.0 Å². The third-order valence-electron chi connectivity index (χ3n) is 3.16. The zero-order valence-electron chi connectivity index (χ0n) is 13.8. The van der Waals surface area contributed by atoms with Crippen LogP contribution in [-0.2, 0) is 4.79 Å². The molecule has 0 unspecified atom stereocenters. The molecule has 0 aliphatic heterocycles. The lowest BCUT2D eigenvalue weighted by Crippen LogP contribution is -2.42. The normalized spacial score (nSPS) is 10.3. The van der Waals surface area contributed by atoms with Crippen LogP contribution in [-0.4, -0.2) is 27.8 Å². The van der Waals surface area contributed by atoms with Crippen LogP contribution in [0.3, 0.4) is 0 Å². The predicted molar refractivity (Wildman–Crippen MR) is 110 cm³/mol. The summed E-state index contributed by atoms with van der Waals surface area (Å²) in [4.78, 5) is 23.7. The number of aromatic nitrogens is 2. The monoisotopic (exact) mass is 463 g/mol. The fraction of sp³-hybridized carbons (Fsp3) is 0.0588. The van der Waals surface area contributed by atoms with Crippen molar-refractivity contribution in [2.45, 2.75) is 4.34 Å². The lowest BCUT2D eigenvalue weighted by Gasteiger charge is -2.06. The summed E-state index contributed by atoms with van der Waals surface area (Å²) in [6, 6.07) is 16.3. The highest BCUT2D eigenvalue weighted by Crippen LogP contribution is 2.28. The van der Waals surface area contributed by atoms with E-state index >= 15 is 0 Å². The average Bonchev–Trinajstić information content (AvgIpc) is 3.12. The zero-order valence-corrected chi connectivity index (χ0v) is 17.0. The molecule has 3 N–H and O–H groups in total. The van der Waals surface area contributed by atoms with Crippen molar-refractivity contribution in [2.75, 3.05) is 11.1 Å². The van der Waals surface area contributed by atoms with E-state index in [9.17, 15) is 9.59 Å². The van der Waals surface area contributed by atoms with Gasteiger partial charge < -0.3 is 5.32 Å². The molecule has 1 heterocycles. The minimum Gasteiger partial charge on any atom is -0.330 e. The van der Waals surface area contributed by atoms with Crippen LogP contribution in [0.1, 0.15) is 10.4 Å². The number of hydrogen-bond acceptors (Lipinski definition) is 7. The molecule has 3 rings (SSSR count). The summed E-state index contributed by atoms with van der Waals surface area (Å²) in [5.74, 6) is -0.591. The Balaban J connectivity index is 1.44. The molecule has 0 fully saturated rings. The maximum atomic E-state index is 11.9. The van der Waals surface area contributed by atoms with Crippen molar-refractivity contribution < 1.29 is 9.59 Å². The minimum atomic E-state index is -0.370. The number of nitrogens with zero attached hydrogens (tertiary/aromatic N) is 2. The summed E-state index contributed by atoms with van der Waals surface area (Å²) < 4.78 is 1.61. The SMILES string of the molecule is O=C(CSc1nnc(Nc2cccc(Br)c2)s1)NNC(=O)c1ccccc1. The van der Waals surface area contributed by atoms with Crippen LogP contribution in [0.25, 0.3) is 0 Å². The minimum absolute atomic E-state index is 0.112. The second-order valence-corrected chi connectivity index (χ2v) is 8.28. The Morgan fingerprint density at radius 2 is 1.85 bits per heavy atom. The number of benzene rings is 2. The van der Waals surface area contributed by atoms with E-state index in [4.69, 9.17) is 0 Å². The van der Waals surface area contributed by atoms with E-state index in [0.717, 1.165) is 10.2 Å². The van der Waals surface area contributed by atoms with E-state index in [2.05, 4.69) is 42.3 Å². The third-order valence-corrected chi connectivity index (χ3v) is 5.63. The van der Waals surface area contributed by atoms with Gasteiger partial charge in [-0.15, -0.1) is 10.2 Å². The molecule has 27 heavy (non-hydrogen) atoms. The van der Waals surface area contributed by atoms with E-state index in [1.165, 1.54) is 23.1 Å². The highest BCUT2D eigenvalue weighted by Gasteiger charge is 2.10. The molecule has 7 nitrogen and oxygen atoms in total. The number of carbonyl (C=O) groups is 2. The topological polar surface area (TPSA) is 96.0 Å². The van der Waals surface area contributed by atoms with Gasteiger partial charge in [0, 0.05) is 15.7 Å². The van der Waals surface area contributed by atoms with Gasteiger partial charge in [-0.1, -0.05) is 63.3 Å². The smallest absolute Gasteiger partial charge is 0.269 e. The van der Waals surface area contributed by atoms with Crippen molar-refractivity contribution in [3.8, 4) is 0 Å². The van der Waals surface area contributed by atoms with Crippen LogP contribution in [0, 0.1) is 0 Å². The van der Waals surface area contributed by atoms with Crippen molar-refractivity contribution in [1.82, 2.24) is 21.0 Å². The predicted octanol–water partition coefficient (Wildman–Crippen LogP) is 3.60. The fourth-order valence-corrected chi connectivity index (χ4v) is 3.93. The summed E-state index contributed by atoms with van der Waals surface area (Å²) in [5, 5.41) is 11.9. The van der Waals surface area contributed by atoms with Crippen molar-refractivity contribution in [3.05, 3.63) is 64.6 Å². The van der Waals surface area contributed by atoms with Crippen molar-refractivity contribution in [2.24, 2.45) is 0 Å². The van der Waals surface area contributed by atoms with Crippen molar-refractivity contribution in [1.29, 1.82) is 0 Å². The molecule has 0 spiro atoms. The number of nitrogens with one attached hydrogen (secondary N) is 3. The molecule has 0 saturated heterocycles. The molecule has 0 saturated carbocycles. The molecule has 1 aromatic heterocycles. The van der Waals surface area contributed by atoms with E-state index in [0.29, 0.717) is 15.0 Å². The molecule has 0 aliphatic carbocycles. The van der Waals surface area contributed by atoms with Crippen LogP contribution in [0.2, 0.25) is 0 Å². The molecule has 138 valence electrons. The maximum Gasteiger partial charge on any atom is 0.269 e. The Labute approximate surface area is 172 Å². The van der Waals surface area contributed by atoms with Gasteiger partial charge in [-0.2, -0.15) is 0 Å². The van der Waals surface area contributed by atoms with Gasteiger partial charge in [-0.05, 0) is 30.3 Å². The van der Waals surface area contributed by atoms with Gasteiger partial charge >= 0.3 is 0 Å². The molecule has 10 heteroatoms. The maximum absolute atomic E-state index is 11.9. The van der Waals surface area contributed by atoms with Crippen LogP contribution < -0.4 is 16.2 Å². The number of halogens is 1. The third kappa shape index (κ3) is 6.05. The second kappa shape index (κ2) is 9.49. The summed E-state index contributed by atoms with van der Waals surface area (Å²) >= 11 is 6.00. The molecule has 0 bridgehead atoms. The molecule has 0 atom stereocenters. The number of hydrogen-bond donors (Lipinski definition) is 3. The largest absolute Gasteiger partial charge is 0.330 e. The van der Waals surface area contributed by atoms with Gasteiger partial charge in [0.05, 0.1) is 5.75 Å². The molecule has 2 aromatic carbocycles. The first-order valence-electron chi connectivity index (χ1n) is 7.73. The second-order valence-electron chi connectivity index (χ2n) is 5.17. The van der Waals surface area contributed by atoms with E-state index in [-0.39, 0.29) is 17.6 Å². The summed E-state index contributed by atoms with van der Waals surface area (Å²) in [5.41, 5.74) is 6.11. The Morgan fingerprint density at radius 1 is 1.04 bits per heavy atom. The van der Waals surface area contributed by atoms with Gasteiger partial charge in [0.25, 0.3) is 5.91 Å². The first-order valence-corrected chi connectivity index (χ1v) is 10.3. The van der Waals surface area contributed by atoms with Gasteiger partial charge in [-0.25, -0.2) is 0 Å². The van der Waals surface area contributed by atoms with Gasteiger partial charge in [0.15, 0.2) is 4.34 Å². The molecule has 3 aromatic rings. The molecular formula is C17H14BrN5O2S2. The van der Waals surface area contributed by atoms with Gasteiger partial charge in [0.1, 0.15) is 0 Å².